The predicted octanol–water partition coefficient (Wildman–Crippen LogP) is 0.384. The van der Waals surface area contributed by atoms with Gasteiger partial charge >= 0.3 is 12.0 Å². The van der Waals surface area contributed by atoms with E-state index in [1.165, 1.54) is 12.1 Å². The number of benzene rings is 1. The number of nitrogens with one attached hydrogen (secondary N) is 1. The van der Waals surface area contributed by atoms with E-state index in [0.717, 1.165) is 19.4 Å². The number of carbonyl (C=O) groups is 2. The van der Waals surface area contributed by atoms with E-state index in [0.29, 0.717) is 0 Å². The summed E-state index contributed by atoms with van der Waals surface area (Å²) in [4.78, 5) is 31.8. The normalized spacial score (nSPS) is 10.2. The van der Waals surface area contributed by atoms with E-state index < -0.39 is 16.9 Å². The summed E-state index contributed by atoms with van der Waals surface area (Å²) in [7, 11) is 1.16. The van der Waals surface area contributed by atoms with E-state index >= 15 is 0 Å². The highest BCUT2D eigenvalue weighted by molar-refractivity contribution is 5.93. The maximum Gasteiger partial charge on any atom is 0.338 e. The van der Waals surface area contributed by atoms with Gasteiger partial charge in [-0.1, -0.05) is 0 Å². The van der Waals surface area contributed by atoms with Gasteiger partial charge < -0.3 is 10.5 Å². The second kappa shape index (κ2) is 6.10. The number of nitro benzene ring substituents is 1. The Bertz CT molecular complexity index is 555. The minimum absolute atomic E-state index is 0.00257. The lowest BCUT2D eigenvalue weighted by atomic mass is 10.1. The number of ether oxygens (including phenoxy) is 1. The van der Waals surface area contributed by atoms with Gasteiger partial charge in [0.1, 0.15) is 0 Å². The number of amides is 2. The van der Waals surface area contributed by atoms with Crippen LogP contribution in [0.1, 0.15) is 15.9 Å². The monoisotopic (exact) mass is 266 g/mol. The molecular weight excluding hydrogens is 256 g/mol. The largest absolute Gasteiger partial charge is 0.465 e. The number of hydrogen-bond donors (Lipinski definition) is 2. The fraction of sp³-hybridized carbons (Fsp3) is 0.100. The molecule has 0 saturated carbocycles. The fourth-order valence-corrected chi connectivity index (χ4v) is 1.22. The van der Waals surface area contributed by atoms with Crippen LogP contribution in [0.25, 0.3) is 0 Å². The lowest BCUT2D eigenvalue weighted by Gasteiger charge is -2.01. The Morgan fingerprint density at radius 1 is 1.47 bits per heavy atom. The molecule has 0 atom stereocenters. The molecule has 0 unspecified atom stereocenters. The number of nitro groups is 1. The molecule has 0 aliphatic heterocycles. The van der Waals surface area contributed by atoms with Crippen molar-refractivity contribution in [2.45, 2.75) is 0 Å². The van der Waals surface area contributed by atoms with Crippen LogP contribution in [0.2, 0.25) is 0 Å². The van der Waals surface area contributed by atoms with Gasteiger partial charge in [0.2, 0.25) is 0 Å². The highest BCUT2D eigenvalue weighted by Crippen LogP contribution is 2.17. The number of hydrogen-bond acceptors (Lipinski definition) is 6. The number of methoxy groups -OCH3 is 1. The van der Waals surface area contributed by atoms with Crippen molar-refractivity contribution in [3.63, 3.8) is 0 Å². The third-order valence-corrected chi connectivity index (χ3v) is 1.96. The summed E-state index contributed by atoms with van der Waals surface area (Å²) in [5.41, 5.74) is 6.65. The summed E-state index contributed by atoms with van der Waals surface area (Å²) in [6, 6.07) is 2.70. The molecule has 0 fully saturated rings. The number of non-ortho nitro benzene ring substituents is 1. The SMILES string of the molecule is COC(=O)c1cc(C=NNC(N)=O)cc([N+](=O)[O-])c1. The van der Waals surface area contributed by atoms with Gasteiger partial charge in [-0.25, -0.2) is 15.0 Å². The summed E-state index contributed by atoms with van der Waals surface area (Å²) in [5, 5.41) is 14.2. The molecule has 9 heteroatoms. The molecule has 2 amide bonds. The quantitative estimate of drug-likeness (QED) is 0.351. The van der Waals surface area contributed by atoms with Crippen LogP contribution in [0.3, 0.4) is 0 Å². The standard InChI is InChI=1S/C10H10N4O5/c1-19-9(15)7-2-6(5-12-13-10(11)16)3-8(4-7)14(17)18/h2-5H,1H3,(H3,11,13,16). The van der Waals surface area contributed by atoms with Crippen molar-refractivity contribution in [1.29, 1.82) is 0 Å². The number of nitrogens with two attached hydrogens (primary N) is 1. The van der Waals surface area contributed by atoms with Gasteiger partial charge in [-0.3, -0.25) is 10.1 Å². The maximum atomic E-state index is 11.3. The van der Waals surface area contributed by atoms with E-state index in [1.54, 1.807) is 0 Å². The molecule has 0 saturated heterocycles. The Morgan fingerprint density at radius 3 is 2.68 bits per heavy atom. The van der Waals surface area contributed by atoms with Crippen molar-refractivity contribution in [1.82, 2.24) is 5.43 Å². The number of rotatable bonds is 4. The zero-order valence-corrected chi connectivity index (χ0v) is 9.82. The molecular formula is C10H10N4O5. The van der Waals surface area contributed by atoms with Crippen LogP contribution in [0, 0.1) is 10.1 Å². The Balaban J connectivity index is 3.13. The van der Waals surface area contributed by atoms with Crippen molar-refractivity contribution in [2.24, 2.45) is 10.8 Å². The third kappa shape index (κ3) is 4.07. The average molecular weight is 266 g/mol. The minimum atomic E-state index is -0.880. The van der Waals surface area contributed by atoms with Crippen LogP contribution in [-0.2, 0) is 4.74 Å². The smallest absolute Gasteiger partial charge is 0.338 e. The van der Waals surface area contributed by atoms with Crippen LogP contribution in [-0.4, -0.2) is 30.2 Å². The van der Waals surface area contributed by atoms with Crippen molar-refractivity contribution < 1.29 is 19.2 Å². The minimum Gasteiger partial charge on any atom is -0.465 e. The first-order chi connectivity index (χ1) is 8.93. The molecule has 3 N–H and O–H groups in total. The van der Waals surface area contributed by atoms with Crippen LogP contribution >= 0.6 is 0 Å². The van der Waals surface area contributed by atoms with Gasteiger partial charge in [-0.2, -0.15) is 5.10 Å². The number of nitrogens with zero attached hydrogens (tertiary/aromatic N) is 2. The summed E-state index contributed by atoms with van der Waals surface area (Å²) in [6.07, 6.45) is 1.12. The molecule has 1 aromatic rings. The molecule has 100 valence electrons. The molecule has 0 spiro atoms. The molecule has 0 bridgehead atoms. The second-order valence-corrected chi connectivity index (χ2v) is 3.30. The summed E-state index contributed by atoms with van der Waals surface area (Å²) < 4.78 is 4.47. The zero-order valence-electron chi connectivity index (χ0n) is 9.82. The average Bonchev–Trinajstić information content (AvgIpc) is 2.37. The van der Waals surface area contributed by atoms with Crippen molar-refractivity contribution >= 4 is 23.9 Å². The number of urea groups is 1. The molecule has 19 heavy (non-hydrogen) atoms. The zero-order chi connectivity index (χ0) is 14.4. The molecule has 0 aliphatic carbocycles. The van der Waals surface area contributed by atoms with E-state index in [2.05, 4.69) is 9.84 Å². The van der Waals surface area contributed by atoms with Gasteiger partial charge in [0.15, 0.2) is 0 Å². The Kier molecular flexibility index (Phi) is 4.52. The van der Waals surface area contributed by atoms with E-state index in [1.807, 2.05) is 5.43 Å². The van der Waals surface area contributed by atoms with Crippen molar-refractivity contribution in [2.75, 3.05) is 7.11 Å². The maximum absolute atomic E-state index is 11.3. The summed E-state index contributed by atoms with van der Waals surface area (Å²) in [6.45, 7) is 0. The van der Waals surface area contributed by atoms with E-state index in [9.17, 15) is 19.7 Å². The fourth-order valence-electron chi connectivity index (χ4n) is 1.22. The molecule has 1 aromatic carbocycles. The molecule has 9 nitrogen and oxygen atoms in total. The Morgan fingerprint density at radius 2 is 2.16 bits per heavy atom. The molecule has 0 heterocycles. The van der Waals surface area contributed by atoms with Gasteiger partial charge in [0, 0.05) is 17.7 Å². The first-order valence-electron chi connectivity index (χ1n) is 4.90. The van der Waals surface area contributed by atoms with Gasteiger partial charge in [-0.15, -0.1) is 0 Å². The summed E-state index contributed by atoms with van der Waals surface area (Å²) in [5.74, 6) is -0.721. The lowest BCUT2D eigenvalue weighted by Crippen LogP contribution is -2.24. The number of primary amides is 1. The number of hydrazone groups is 1. The molecule has 1 rings (SSSR count). The first-order valence-corrected chi connectivity index (χ1v) is 4.90. The highest BCUT2D eigenvalue weighted by Gasteiger charge is 2.14. The van der Waals surface area contributed by atoms with Crippen molar-refractivity contribution in [3.05, 3.63) is 39.4 Å². The van der Waals surface area contributed by atoms with Crippen LogP contribution in [0.4, 0.5) is 10.5 Å². The number of carbonyl (C=O) groups excluding carboxylic acids is 2. The molecule has 0 radical (unpaired) electrons. The Labute approximate surface area is 107 Å². The second-order valence-electron chi connectivity index (χ2n) is 3.30. The first kappa shape index (κ1) is 14.1. The van der Waals surface area contributed by atoms with Gasteiger partial charge in [0.05, 0.1) is 23.8 Å². The van der Waals surface area contributed by atoms with Crippen LogP contribution < -0.4 is 11.2 Å². The molecule has 0 aromatic heterocycles. The lowest BCUT2D eigenvalue weighted by molar-refractivity contribution is -0.384. The predicted molar refractivity (Wildman–Crippen MR) is 64.7 cm³/mol. The van der Waals surface area contributed by atoms with Gasteiger partial charge in [0.25, 0.3) is 5.69 Å². The van der Waals surface area contributed by atoms with Crippen LogP contribution in [0.15, 0.2) is 23.3 Å². The topological polar surface area (TPSA) is 137 Å². The van der Waals surface area contributed by atoms with Crippen molar-refractivity contribution in [3.8, 4) is 0 Å². The van der Waals surface area contributed by atoms with E-state index in [-0.39, 0.29) is 16.8 Å². The number of esters is 1. The van der Waals surface area contributed by atoms with E-state index in [4.69, 9.17) is 5.73 Å². The third-order valence-electron chi connectivity index (χ3n) is 1.96. The Hall–Kier alpha value is -2.97. The molecule has 0 aliphatic rings. The summed E-state index contributed by atoms with van der Waals surface area (Å²) >= 11 is 0. The van der Waals surface area contributed by atoms with Gasteiger partial charge in [-0.05, 0) is 6.07 Å². The van der Waals surface area contributed by atoms with Crippen LogP contribution in [0.5, 0.6) is 0 Å². The highest BCUT2D eigenvalue weighted by atomic mass is 16.6.